The average Bonchev–Trinajstić information content (AvgIpc) is 3.01. The first-order valence-corrected chi connectivity index (χ1v) is 9.00. The second-order valence-electron chi connectivity index (χ2n) is 5.86. The van der Waals surface area contributed by atoms with Gasteiger partial charge < -0.3 is 4.90 Å². The van der Waals surface area contributed by atoms with E-state index in [9.17, 15) is 4.79 Å². The van der Waals surface area contributed by atoms with Crippen LogP contribution in [0, 0.1) is 0 Å². The van der Waals surface area contributed by atoms with Crippen molar-refractivity contribution in [1.82, 2.24) is 14.7 Å². The fourth-order valence-electron chi connectivity index (χ4n) is 2.77. The SMILES string of the molecule is CCn1ncc(Br)c1CN(C)C(=O)c1ccc(-c2ccccc2)cc1. The Bertz CT molecular complexity index is 856. The molecule has 0 saturated carbocycles. The Hall–Kier alpha value is -2.40. The summed E-state index contributed by atoms with van der Waals surface area (Å²) in [6.45, 7) is 3.31. The van der Waals surface area contributed by atoms with E-state index in [0.29, 0.717) is 12.1 Å². The lowest BCUT2D eigenvalue weighted by molar-refractivity contribution is 0.0781. The Morgan fingerprint density at radius 1 is 1.08 bits per heavy atom. The second-order valence-corrected chi connectivity index (χ2v) is 6.71. The molecule has 2 aromatic carbocycles. The van der Waals surface area contributed by atoms with Crippen LogP contribution in [0.3, 0.4) is 0 Å². The van der Waals surface area contributed by atoms with Gasteiger partial charge in [-0.3, -0.25) is 9.48 Å². The number of halogens is 1. The van der Waals surface area contributed by atoms with Crippen molar-refractivity contribution < 1.29 is 4.79 Å². The third kappa shape index (κ3) is 3.82. The summed E-state index contributed by atoms with van der Waals surface area (Å²) in [5.41, 5.74) is 3.93. The van der Waals surface area contributed by atoms with Crippen molar-refractivity contribution in [1.29, 1.82) is 0 Å². The largest absolute Gasteiger partial charge is 0.336 e. The van der Waals surface area contributed by atoms with Crippen LogP contribution in [0.1, 0.15) is 23.0 Å². The maximum atomic E-state index is 12.7. The van der Waals surface area contributed by atoms with E-state index in [1.54, 1.807) is 11.1 Å². The summed E-state index contributed by atoms with van der Waals surface area (Å²) in [7, 11) is 1.81. The van der Waals surface area contributed by atoms with E-state index in [4.69, 9.17) is 0 Å². The van der Waals surface area contributed by atoms with Crippen LogP contribution < -0.4 is 0 Å². The van der Waals surface area contributed by atoms with Crippen LogP contribution in [0.2, 0.25) is 0 Å². The molecule has 3 aromatic rings. The van der Waals surface area contributed by atoms with Crippen molar-refractivity contribution in [2.75, 3.05) is 7.05 Å². The van der Waals surface area contributed by atoms with E-state index in [1.807, 2.05) is 61.1 Å². The zero-order chi connectivity index (χ0) is 17.8. The Labute approximate surface area is 156 Å². The number of nitrogens with zero attached hydrogens (tertiary/aromatic N) is 3. The molecular weight excluding hydrogens is 378 g/mol. The van der Waals surface area contributed by atoms with Gasteiger partial charge in [-0.25, -0.2) is 0 Å². The maximum absolute atomic E-state index is 12.7. The predicted octanol–water partition coefficient (Wildman–Crippen LogP) is 4.60. The molecule has 1 aromatic heterocycles. The lowest BCUT2D eigenvalue weighted by atomic mass is 10.0. The van der Waals surface area contributed by atoms with E-state index in [0.717, 1.165) is 27.8 Å². The first-order valence-electron chi connectivity index (χ1n) is 8.21. The number of hydrogen-bond acceptors (Lipinski definition) is 2. The number of rotatable bonds is 5. The fraction of sp³-hybridized carbons (Fsp3) is 0.200. The number of benzene rings is 2. The van der Waals surface area contributed by atoms with Crippen LogP contribution in [0.15, 0.2) is 65.3 Å². The van der Waals surface area contributed by atoms with Gasteiger partial charge in [0.25, 0.3) is 5.91 Å². The normalized spacial score (nSPS) is 10.7. The molecule has 0 N–H and O–H groups in total. The van der Waals surface area contributed by atoms with E-state index in [2.05, 4.69) is 33.2 Å². The fourth-order valence-corrected chi connectivity index (χ4v) is 3.19. The molecule has 1 heterocycles. The van der Waals surface area contributed by atoms with E-state index < -0.39 is 0 Å². The first kappa shape index (κ1) is 17.4. The minimum atomic E-state index is -0.00429. The highest BCUT2D eigenvalue weighted by molar-refractivity contribution is 9.10. The number of hydrogen-bond donors (Lipinski definition) is 0. The van der Waals surface area contributed by atoms with E-state index >= 15 is 0 Å². The number of aromatic nitrogens is 2. The van der Waals surface area contributed by atoms with Crippen molar-refractivity contribution in [2.45, 2.75) is 20.0 Å². The molecule has 0 radical (unpaired) electrons. The van der Waals surface area contributed by atoms with Gasteiger partial charge in [0.05, 0.1) is 22.9 Å². The van der Waals surface area contributed by atoms with Crippen LogP contribution in [0.25, 0.3) is 11.1 Å². The lowest BCUT2D eigenvalue weighted by Crippen LogP contribution is -2.27. The highest BCUT2D eigenvalue weighted by Gasteiger charge is 2.16. The third-order valence-electron chi connectivity index (χ3n) is 4.17. The Morgan fingerprint density at radius 3 is 2.36 bits per heavy atom. The van der Waals surface area contributed by atoms with Crippen molar-refractivity contribution >= 4 is 21.8 Å². The summed E-state index contributed by atoms with van der Waals surface area (Å²) >= 11 is 3.51. The van der Waals surface area contributed by atoms with Gasteiger partial charge in [-0.1, -0.05) is 42.5 Å². The van der Waals surface area contributed by atoms with Gasteiger partial charge in [0.15, 0.2) is 0 Å². The molecule has 0 aliphatic rings. The van der Waals surface area contributed by atoms with Gasteiger partial charge >= 0.3 is 0 Å². The van der Waals surface area contributed by atoms with E-state index in [-0.39, 0.29) is 5.91 Å². The molecule has 0 unspecified atom stereocenters. The van der Waals surface area contributed by atoms with Crippen LogP contribution in [-0.2, 0) is 13.1 Å². The molecule has 4 nitrogen and oxygen atoms in total. The van der Waals surface area contributed by atoms with Crippen LogP contribution in [0.5, 0.6) is 0 Å². The summed E-state index contributed by atoms with van der Waals surface area (Å²) in [6.07, 6.45) is 1.77. The molecule has 3 rings (SSSR count). The second kappa shape index (κ2) is 7.66. The van der Waals surface area contributed by atoms with Gasteiger partial charge in [0, 0.05) is 19.2 Å². The predicted molar refractivity (Wildman–Crippen MR) is 103 cm³/mol. The summed E-state index contributed by atoms with van der Waals surface area (Å²) in [5.74, 6) is -0.00429. The molecule has 0 bridgehead atoms. The standard InChI is InChI=1S/C20H20BrN3O/c1-3-24-19(18(21)13-22-24)14-23(2)20(25)17-11-9-16(10-12-17)15-7-5-4-6-8-15/h4-13H,3,14H2,1-2H3. The van der Waals surface area contributed by atoms with Crippen molar-refractivity contribution in [3.05, 3.63) is 76.5 Å². The van der Waals surface area contributed by atoms with Crippen LogP contribution in [0.4, 0.5) is 0 Å². The molecule has 25 heavy (non-hydrogen) atoms. The summed E-state index contributed by atoms with van der Waals surface area (Å²) in [5, 5.41) is 4.30. The highest BCUT2D eigenvalue weighted by Crippen LogP contribution is 2.21. The van der Waals surface area contributed by atoms with Crippen molar-refractivity contribution in [3.63, 3.8) is 0 Å². The molecular formula is C20H20BrN3O. The Balaban J connectivity index is 1.75. The molecule has 5 heteroatoms. The highest BCUT2D eigenvalue weighted by atomic mass is 79.9. The Kier molecular flexibility index (Phi) is 5.34. The number of aryl methyl sites for hydroxylation is 1. The molecule has 0 fully saturated rings. The number of carbonyl (C=O) groups excluding carboxylic acids is 1. The zero-order valence-corrected chi connectivity index (χ0v) is 15.9. The average molecular weight is 398 g/mol. The Morgan fingerprint density at radius 2 is 1.72 bits per heavy atom. The minimum absolute atomic E-state index is 0.00429. The number of carbonyl (C=O) groups is 1. The molecule has 0 saturated heterocycles. The van der Waals surface area contributed by atoms with Gasteiger partial charge in [0.2, 0.25) is 0 Å². The van der Waals surface area contributed by atoms with Crippen molar-refractivity contribution in [3.8, 4) is 11.1 Å². The summed E-state index contributed by atoms with van der Waals surface area (Å²) < 4.78 is 2.82. The number of amides is 1. The quantitative estimate of drug-likeness (QED) is 0.630. The molecule has 0 aliphatic heterocycles. The molecule has 0 aliphatic carbocycles. The molecule has 0 spiro atoms. The van der Waals surface area contributed by atoms with Gasteiger partial charge in [-0.2, -0.15) is 5.10 Å². The molecule has 1 amide bonds. The van der Waals surface area contributed by atoms with E-state index in [1.165, 1.54) is 0 Å². The van der Waals surface area contributed by atoms with Gasteiger partial charge in [0.1, 0.15) is 0 Å². The first-order chi connectivity index (χ1) is 12.1. The third-order valence-corrected chi connectivity index (χ3v) is 4.83. The maximum Gasteiger partial charge on any atom is 0.253 e. The monoisotopic (exact) mass is 397 g/mol. The van der Waals surface area contributed by atoms with Gasteiger partial charge in [-0.05, 0) is 46.1 Å². The minimum Gasteiger partial charge on any atom is -0.336 e. The molecule has 128 valence electrons. The topological polar surface area (TPSA) is 38.1 Å². The van der Waals surface area contributed by atoms with Crippen LogP contribution >= 0.6 is 15.9 Å². The zero-order valence-electron chi connectivity index (χ0n) is 14.3. The summed E-state index contributed by atoms with van der Waals surface area (Å²) in [4.78, 5) is 14.4. The smallest absolute Gasteiger partial charge is 0.253 e. The van der Waals surface area contributed by atoms with Crippen LogP contribution in [-0.4, -0.2) is 27.6 Å². The molecule has 0 atom stereocenters. The van der Waals surface area contributed by atoms with Crippen molar-refractivity contribution in [2.24, 2.45) is 0 Å². The lowest BCUT2D eigenvalue weighted by Gasteiger charge is -2.18. The van der Waals surface area contributed by atoms with Gasteiger partial charge in [-0.15, -0.1) is 0 Å². The summed E-state index contributed by atoms with van der Waals surface area (Å²) in [6, 6.07) is 17.9.